The first-order chi connectivity index (χ1) is 9.68. The zero-order valence-electron chi connectivity index (χ0n) is 12.9. The van der Waals surface area contributed by atoms with Crippen LogP contribution in [-0.2, 0) is 9.31 Å². The molecule has 0 amide bonds. The lowest BCUT2D eigenvalue weighted by Crippen LogP contribution is -2.41. The van der Waals surface area contributed by atoms with E-state index < -0.39 is 19.3 Å². The normalized spacial score (nSPS) is 23.1. The van der Waals surface area contributed by atoms with Crippen LogP contribution in [0.3, 0.4) is 0 Å². The van der Waals surface area contributed by atoms with Crippen molar-refractivity contribution in [1.82, 2.24) is 0 Å². The van der Waals surface area contributed by atoms with Crippen LogP contribution >= 0.6 is 12.6 Å². The summed E-state index contributed by atoms with van der Waals surface area (Å²) in [6.45, 7) is 8.03. The van der Waals surface area contributed by atoms with Crippen LogP contribution in [0.1, 0.15) is 39.4 Å². The van der Waals surface area contributed by atoms with E-state index in [9.17, 15) is 10.2 Å². The average molecular weight is 310 g/mol. The molecule has 0 radical (unpaired) electrons. The van der Waals surface area contributed by atoms with Gasteiger partial charge < -0.3 is 19.5 Å². The molecule has 0 saturated carbocycles. The number of aliphatic hydroxyl groups is 2. The molecule has 2 atom stereocenters. The number of thiol groups is 1. The summed E-state index contributed by atoms with van der Waals surface area (Å²) in [5, 5.41) is 19.6. The zero-order valence-corrected chi connectivity index (χ0v) is 13.8. The highest BCUT2D eigenvalue weighted by Gasteiger charge is 2.51. The van der Waals surface area contributed by atoms with E-state index in [1.807, 2.05) is 39.8 Å². The summed E-state index contributed by atoms with van der Waals surface area (Å²) in [5.74, 6) is 0.208. The minimum absolute atomic E-state index is 0.208. The van der Waals surface area contributed by atoms with Crippen LogP contribution in [0.2, 0.25) is 0 Å². The average Bonchev–Trinajstić information content (AvgIpc) is 2.66. The summed E-state index contributed by atoms with van der Waals surface area (Å²) in [6, 6.07) is 7.26. The van der Waals surface area contributed by atoms with Gasteiger partial charge in [-0.1, -0.05) is 24.3 Å². The minimum atomic E-state index is -0.935. The Morgan fingerprint density at radius 1 is 1.05 bits per heavy atom. The number of aliphatic hydroxyl groups excluding tert-OH is 2. The molecule has 1 aromatic rings. The first kappa shape index (κ1) is 16.8. The maximum atomic E-state index is 9.95. The summed E-state index contributed by atoms with van der Waals surface area (Å²) in [5.41, 5.74) is 0.789. The Kier molecular flexibility index (Phi) is 4.76. The summed E-state index contributed by atoms with van der Waals surface area (Å²) in [6.07, 6.45) is -1.81. The molecule has 21 heavy (non-hydrogen) atoms. The molecule has 2 N–H and O–H groups in total. The van der Waals surface area contributed by atoms with E-state index in [-0.39, 0.29) is 17.0 Å². The number of hydrogen-bond donors (Lipinski definition) is 3. The molecule has 1 aliphatic heterocycles. The van der Waals surface area contributed by atoms with Gasteiger partial charge in [-0.3, -0.25) is 0 Å². The second kappa shape index (κ2) is 5.93. The van der Waals surface area contributed by atoms with E-state index in [0.717, 1.165) is 5.46 Å². The van der Waals surface area contributed by atoms with Crippen LogP contribution in [-0.4, -0.2) is 40.4 Å². The topological polar surface area (TPSA) is 58.9 Å². The maximum Gasteiger partial charge on any atom is 0.494 e. The molecule has 1 aliphatic rings. The fraction of sp³-hybridized carbons (Fsp3) is 0.600. The third kappa shape index (κ3) is 3.30. The van der Waals surface area contributed by atoms with Gasteiger partial charge in [0.05, 0.1) is 17.3 Å². The molecule has 6 heteroatoms. The lowest BCUT2D eigenvalue weighted by molar-refractivity contribution is 0.00578. The lowest BCUT2D eigenvalue weighted by Gasteiger charge is -2.32. The van der Waals surface area contributed by atoms with Gasteiger partial charge >= 0.3 is 7.12 Å². The van der Waals surface area contributed by atoms with Crippen molar-refractivity contribution in [2.75, 3.05) is 5.75 Å². The lowest BCUT2D eigenvalue weighted by atomic mass is 9.78. The maximum absolute atomic E-state index is 9.95. The van der Waals surface area contributed by atoms with Gasteiger partial charge in [-0.05, 0) is 38.7 Å². The second-order valence-corrected chi connectivity index (χ2v) is 6.81. The van der Waals surface area contributed by atoms with E-state index in [1.165, 1.54) is 0 Å². The molecule has 116 valence electrons. The fourth-order valence-corrected chi connectivity index (χ4v) is 2.35. The fourth-order valence-electron chi connectivity index (χ4n) is 2.15. The second-order valence-electron chi connectivity index (χ2n) is 6.45. The molecular formula is C15H23BO4S. The van der Waals surface area contributed by atoms with Crippen LogP contribution < -0.4 is 5.46 Å². The van der Waals surface area contributed by atoms with E-state index in [0.29, 0.717) is 5.56 Å². The first-order valence-corrected chi connectivity index (χ1v) is 7.74. The van der Waals surface area contributed by atoms with E-state index in [1.54, 1.807) is 12.1 Å². The van der Waals surface area contributed by atoms with Crippen LogP contribution in [0.4, 0.5) is 0 Å². The predicted octanol–water partition coefficient (Wildman–Crippen LogP) is 1.31. The molecule has 0 bridgehead atoms. The minimum Gasteiger partial charge on any atom is -0.399 e. The Morgan fingerprint density at radius 3 is 1.95 bits per heavy atom. The largest absolute Gasteiger partial charge is 0.494 e. The SMILES string of the molecule is CC1(C)OB(c2ccc(C(O)C(O)CS)cc2)OC1(C)C. The van der Waals surface area contributed by atoms with Gasteiger partial charge in [0.1, 0.15) is 6.10 Å². The Morgan fingerprint density at radius 2 is 1.52 bits per heavy atom. The van der Waals surface area contributed by atoms with Gasteiger partial charge in [0.15, 0.2) is 0 Å². The van der Waals surface area contributed by atoms with Gasteiger partial charge in [0, 0.05) is 5.75 Å². The van der Waals surface area contributed by atoms with E-state index in [2.05, 4.69) is 12.6 Å². The van der Waals surface area contributed by atoms with Crippen molar-refractivity contribution in [3.8, 4) is 0 Å². The number of hydrogen-bond acceptors (Lipinski definition) is 5. The van der Waals surface area contributed by atoms with Gasteiger partial charge in [0.25, 0.3) is 0 Å². The molecular weight excluding hydrogens is 287 g/mol. The van der Waals surface area contributed by atoms with E-state index in [4.69, 9.17) is 9.31 Å². The van der Waals surface area contributed by atoms with Crippen LogP contribution in [0.15, 0.2) is 24.3 Å². The van der Waals surface area contributed by atoms with Crippen molar-refractivity contribution in [3.05, 3.63) is 29.8 Å². The summed E-state index contributed by atoms with van der Waals surface area (Å²) >= 11 is 3.98. The van der Waals surface area contributed by atoms with Gasteiger partial charge in [-0.25, -0.2) is 0 Å². The summed E-state index contributed by atoms with van der Waals surface area (Å²) in [4.78, 5) is 0. The standard InChI is InChI=1S/C15H23BO4S/c1-14(2)15(3,4)20-16(19-14)11-7-5-10(6-8-11)13(18)12(17)9-21/h5-8,12-13,17-18,21H,9H2,1-4H3. The Labute approximate surface area is 132 Å². The smallest absolute Gasteiger partial charge is 0.399 e. The van der Waals surface area contributed by atoms with Crippen LogP contribution in [0.5, 0.6) is 0 Å². The highest BCUT2D eigenvalue weighted by atomic mass is 32.1. The molecule has 2 rings (SSSR count). The third-order valence-electron chi connectivity index (χ3n) is 4.35. The molecule has 4 nitrogen and oxygen atoms in total. The Balaban J connectivity index is 2.14. The molecule has 2 unspecified atom stereocenters. The first-order valence-electron chi connectivity index (χ1n) is 7.10. The highest BCUT2D eigenvalue weighted by molar-refractivity contribution is 7.80. The van der Waals surface area contributed by atoms with Crippen molar-refractivity contribution in [2.45, 2.75) is 51.1 Å². The Bertz CT molecular complexity index is 473. The molecule has 0 aliphatic carbocycles. The Hall–Kier alpha value is -0.525. The predicted molar refractivity (Wildman–Crippen MR) is 87.0 cm³/mol. The van der Waals surface area contributed by atoms with Crippen molar-refractivity contribution in [2.24, 2.45) is 0 Å². The number of benzene rings is 1. The van der Waals surface area contributed by atoms with Gasteiger partial charge in [-0.2, -0.15) is 12.6 Å². The van der Waals surface area contributed by atoms with Crippen LogP contribution in [0.25, 0.3) is 0 Å². The summed E-state index contributed by atoms with van der Waals surface area (Å²) in [7, 11) is -0.420. The molecule has 1 saturated heterocycles. The highest BCUT2D eigenvalue weighted by Crippen LogP contribution is 2.36. The van der Waals surface area contributed by atoms with Gasteiger partial charge in [-0.15, -0.1) is 0 Å². The molecule has 1 heterocycles. The molecule has 1 fully saturated rings. The molecule has 0 spiro atoms. The summed E-state index contributed by atoms with van der Waals surface area (Å²) < 4.78 is 11.9. The van der Waals surface area contributed by atoms with Crippen molar-refractivity contribution in [3.63, 3.8) is 0 Å². The third-order valence-corrected chi connectivity index (χ3v) is 4.73. The van der Waals surface area contributed by atoms with Crippen molar-refractivity contribution in [1.29, 1.82) is 0 Å². The quantitative estimate of drug-likeness (QED) is 0.580. The molecule has 0 aromatic heterocycles. The van der Waals surface area contributed by atoms with Crippen molar-refractivity contribution < 1.29 is 19.5 Å². The molecule has 1 aromatic carbocycles. The van der Waals surface area contributed by atoms with Crippen LogP contribution in [0, 0.1) is 0 Å². The zero-order chi connectivity index (χ0) is 15.8. The van der Waals surface area contributed by atoms with Gasteiger partial charge in [0.2, 0.25) is 0 Å². The van der Waals surface area contributed by atoms with E-state index >= 15 is 0 Å². The monoisotopic (exact) mass is 310 g/mol. The number of rotatable bonds is 4. The van der Waals surface area contributed by atoms with Crippen molar-refractivity contribution >= 4 is 25.2 Å².